The van der Waals surface area contributed by atoms with Gasteiger partial charge >= 0.3 is 0 Å². The number of rotatable bonds is 4. The van der Waals surface area contributed by atoms with E-state index in [4.69, 9.17) is 0 Å². The molecule has 1 aromatic rings. The summed E-state index contributed by atoms with van der Waals surface area (Å²) in [5.74, 6) is 0.457. The summed E-state index contributed by atoms with van der Waals surface area (Å²) in [5, 5.41) is 3.47. The first kappa shape index (κ1) is 15.6. The van der Waals surface area contributed by atoms with E-state index in [2.05, 4.69) is 55.9 Å². The van der Waals surface area contributed by atoms with Crippen LogP contribution in [0.25, 0.3) is 0 Å². The molecule has 0 radical (unpaired) electrons. The van der Waals surface area contributed by atoms with Crippen molar-refractivity contribution in [3.05, 3.63) is 34.1 Å². The maximum atomic E-state index is 13.8. The Morgan fingerprint density at radius 3 is 2.44 bits per heavy atom. The smallest absolute Gasteiger partial charge is 0.126 e. The summed E-state index contributed by atoms with van der Waals surface area (Å²) < 4.78 is 14.7. The van der Waals surface area contributed by atoms with E-state index in [0.717, 1.165) is 16.6 Å². The van der Waals surface area contributed by atoms with Crippen LogP contribution in [0.2, 0.25) is 0 Å². The Morgan fingerprint density at radius 1 is 1.28 bits per heavy atom. The molecular formula is C15H23BrFN. The minimum atomic E-state index is -0.117. The second-order valence-electron chi connectivity index (χ2n) is 6.06. The van der Waals surface area contributed by atoms with Crippen LogP contribution in [0.3, 0.4) is 0 Å². The summed E-state index contributed by atoms with van der Waals surface area (Å²) >= 11 is 3.40. The fourth-order valence-electron chi connectivity index (χ4n) is 1.81. The molecule has 0 aliphatic carbocycles. The number of hydrogen-bond donors (Lipinski definition) is 1. The molecule has 0 aromatic heterocycles. The van der Waals surface area contributed by atoms with Crippen molar-refractivity contribution in [1.82, 2.24) is 5.32 Å². The normalized spacial score (nSPS) is 15.5. The molecule has 2 unspecified atom stereocenters. The van der Waals surface area contributed by atoms with E-state index in [1.165, 1.54) is 6.07 Å². The Kier molecular flexibility index (Phi) is 5.35. The lowest BCUT2D eigenvalue weighted by atomic mass is 9.88. The lowest BCUT2D eigenvalue weighted by molar-refractivity contribution is 0.355. The highest BCUT2D eigenvalue weighted by atomic mass is 79.9. The fraction of sp³-hybridized carbons (Fsp3) is 0.600. The van der Waals surface area contributed by atoms with Crippen molar-refractivity contribution in [2.45, 2.75) is 46.1 Å². The van der Waals surface area contributed by atoms with Crippen LogP contribution >= 0.6 is 15.9 Å². The highest BCUT2D eigenvalue weighted by molar-refractivity contribution is 9.10. The molecule has 1 rings (SSSR count). The molecule has 3 heteroatoms. The number of benzene rings is 1. The van der Waals surface area contributed by atoms with E-state index in [1.807, 2.05) is 6.07 Å². The average Bonchev–Trinajstić information content (AvgIpc) is 2.27. The third kappa shape index (κ3) is 4.69. The second-order valence-corrected chi connectivity index (χ2v) is 6.98. The zero-order chi connectivity index (χ0) is 13.9. The van der Waals surface area contributed by atoms with Gasteiger partial charge in [-0.15, -0.1) is 0 Å². The van der Waals surface area contributed by atoms with Gasteiger partial charge in [0.25, 0.3) is 0 Å². The van der Waals surface area contributed by atoms with Crippen molar-refractivity contribution < 1.29 is 4.39 Å². The molecule has 0 spiro atoms. The number of halogens is 2. The summed E-state index contributed by atoms with van der Waals surface area (Å²) in [6.45, 7) is 11.6. The summed E-state index contributed by atoms with van der Waals surface area (Å²) in [4.78, 5) is 0. The molecule has 0 amide bonds. The molecule has 0 aliphatic heterocycles. The van der Waals surface area contributed by atoms with Gasteiger partial charge in [-0.2, -0.15) is 0 Å². The van der Waals surface area contributed by atoms with Gasteiger partial charge < -0.3 is 5.32 Å². The molecule has 0 aliphatic rings. The third-order valence-corrected chi connectivity index (χ3v) is 3.75. The van der Waals surface area contributed by atoms with E-state index < -0.39 is 0 Å². The van der Waals surface area contributed by atoms with Crippen LogP contribution in [-0.4, -0.2) is 12.1 Å². The van der Waals surface area contributed by atoms with E-state index in [-0.39, 0.29) is 17.3 Å². The average molecular weight is 316 g/mol. The van der Waals surface area contributed by atoms with E-state index in [0.29, 0.717) is 5.92 Å². The van der Waals surface area contributed by atoms with Gasteiger partial charge in [0.1, 0.15) is 5.82 Å². The second kappa shape index (κ2) is 6.16. The van der Waals surface area contributed by atoms with Crippen molar-refractivity contribution in [1.29, 1.82) is 0 Å². The van der Waals surface area contributed by atoms with Crippen molar-refractivity contribution in [2.24, 2.45) is 5.92 Å². The van der Waals surface area contributed by atoms with E-state index >= 15 is 0 Å². The maximum Gasteiger partial charge on any atom is 0.126 e. The molecule has 1 nitrogen and oxygen atoms in total. The Hall–Kier alpha value is -0.410. The van der Waals surface area contributed by atoms with Gasteiger partial charge in [-0.05, 0) is 62.9 Å². The van der Waals surface area contributed by atoms with Crippen LogP contribution < -0.4 is 5.32 Å². The van der Waals surface area contributed by atoms with Gasteiger partial charge in [0.2, 0.25) is 0 Å². The van der Waals surface area contributed by atoms with Crippen LogP contribution in [0.5, 0.6) is 0 Å². The lowest BCUT2D eigenvalue weighted by Crippen LogP contribution is -2.39. The predicted molar refractivity (Wildman–Crippen MR) is 79.4 cm³/mol. The molecule has 1 N–H and O–H groups in total. The van der Waals surface area contributed by atoms with Crippen molar-refractivity contribution in [3.63, 3.8) is 0 Å². The molecular weight excluding hydrogens is 293 g/mol. The highest BCUT2D eigenvalue weighted by Gasteiger charge is 2.20. The zero-order valence-electron chi connectivity index (χ0n) is 11.8. The first-order valence-corrected chi connectivity index (χ1v) is 7.20. The van der Waals surface area contributed by atoms with Gasteiger partial charge in [0, 0.05) is 10.0 Å². The summed E-state index contributed by atoms with van der Waals surface area (Å²) in [5.41, 5.74) is 0.886. The minimum Gasteiger partial charge on any atom is -0.312 e. The van der Waals surface area contributed by atoms with E-state index in [9.17, 15) is 4.39 Å². The van der Waals surface area contributed by atoms with Crippen molar-refractivity contribution in [2.75, 3.05) is 6.54 Å². The Morgan fingerprint density at radius 2 is 1.89 bits per heavy atom. The third-order valence-electron chi connectivity index (χ3n) is 3.26. The minimum absolute atomic E-state index is 0.101. The largest absolute Gasteiger partial charge is 0.312 e. The van der Waals surface area contributed by atoms with Crippen molar-refractivity contribution >= 4 is 15.9 Å². The molecule has 0 saturated heterocycles. The lowest BCUT2D eigenvalue weighted by Gasteiger charge is -2.27. The number of hydrogen-bond acceptors (Lipinski definition) is 1. The molecule has 0 fully saturated rings. The van der Waals surface area contributed by atoms with Crippen LogP contribution in [0.4, 0.5) is 4.39 Å². The highest BCUT2D eigenvalue weighted by Crippen LogP contribution is 2.28. The quantitative estimate of drug-likeness (QED) is 0.848. The van der Waals surface area contributed by atoms with Crippen LogP contribution in [0.1, 0.15) is 46.1 Å². The van der Waals surface area contributed by atoms with Gasteiger partial charge in [0.05, 0.1) is 0 Å². The number of nitrogens with one attached hydrogen (secondary N) is 1. The first-order valence-electron chi connectivity index (χ1n) is 6.40. The zero-order valence-corrected chi connectivity index (χ0v) is 13.4. The molecule has 0 heterocycles. The standard InChI is InChI=1S/C15H23BrFN/c1-10(9-18-15(3,4)5)11(2)13-8-12(16)6-7-14(13)17/h6-8,10-11,18H,9H2,1-5H3. The van der Waals surface area contributed by atoms with Crippen LogP contribution in [0, 0.1) is 11.7 Å². The monoisotopic (exact) mass is 315 g/mol. The van der Waals surface area contributed by atoms with Gasteiger partial charge in [-0.25, -0.2) is 4.39 Å². The Labute approximate surface area is 118 Å². The van der Waals surface area contributed by atoms with Crippen LogP contribution in [0.15, 0.2) is 22.7 Å². The molecule has 0 bridgehead atoms. The summed E-state index contributed by atoms with van der Waals surface area (Å²) in [7, 11) is 0. The van der Waals surface area contributed by atoms with E-state index in [1.54, 1.807) is 6.07 Å². The SMILES string of the molecule is CC(CNC(C)(C)C)C(C)c1cc(Br)ccc1F. The predicted octanol–water partition coefficient (Wildman–Crippen LogP) is 4.72. The Balaban J connectivity index is 2.74. The molecule has 2 atom stereocenters. The molecule has 0 saturated carbocycles. The van der Waals surface area contributed by atoms with Crippen molar-refractivity contribution in [3.8, 4) is 0 Å². The summed E-state index contributed by atoms with van der Waals surface area (Å²) in [6.07, 6.45) is 0. The van der Waals surface area contributed by atoms with Crippen LogP contribution in [-0.2, 0) is 0 Å². The Bertz CT molecular complexity index is 398. The molecule has 1 aromatic carbocycles. The maximum absolute atomic E-state index is 13.8. The topological polar surface area (TPSA) is 12.0 Å². The molecule has 18 heavy (non-hydrogen) atoms. The fourth-order valence-corrected chi connectivity index (χ4v) is 2.19. The van der Waals surface area contributed by atoms with Gasteiger partial charge in [0.15, 0.2) is 0 Å². The molecule has 102 valence electrons. The van der Waals surface area contributed by atoms with Gasteiger partial charge in [-0.3, -0.25) is 0 Å². The van der Waals surface area contributed by atoms with Gasteiger partial charge in [-0.1, -0.05) is 29.8 Å². The summed E-state index contributed by atoms with van der Waals surface area (Å²) in [6, 6.07) is 5.15. The first-order chi connectivity index (χ1) is 8.20.